The Hall–Kier alpha value is -0.780. The number of rotatable bonds is 4. The van der Waals surface area contributed by atoms with E-state index in [0.29, 0.717) is 12.8 Å². The molecule has 0 radical (unpaired) electrons. The molecule has 0 saturated heterocycles. The number of carbonyl (C=O) groups is 1. The number of nitrogens with one attached hydrogen (secondary N) is 1. The first-order valence-corrected chi connectivity index (χ1v) is 5.87. The van der Waals surface area contributed by atoms with Gasteiger partial charge in [-0.3, -0.25) is 4.79 Å². The molecule has 0 unspecified atom stereocenters. The van der Waals surface area contributed by atoms with Crippen LogP contribution in [0.4, 0.5) is 13.2 Å². The lowest BCUT2D eigenvalue weighted by Gasteiger charge is -2.32. The SMILES string of the molecule is O=C(CCC(F)(F)F)NCC1(O)CCCCC1. The van der Waals surface area contributed by atoms with Gasteiger partial charge in [-0.05, 0) is 12.8 Å². The smallest absolute Gasteiger partial charge is 0.388 e. The largest absolute Gasteiger partial charge is 0.389 e. The Labute approximate surface area is 98.4 Å². The van der Waals surface area contributed by atoms with Crippen LogP contribution in [0, 0.1) is 0 Å². The first-order valence-electron chi connectivity index (χ1n) is 5.87. The molecule has 0 aliphatic heterocycles. The van der Waals surface area contributed by atoms with Crippen molar-refractivity contribution in [2.24, 2.45) is 0 Å². The average Bonchev–Trinajstić information content (AvgIpc) is 2.24. The molecule has 0 heterocycles. The maximum atomic E-state index is 11.9. The third-order valence-corrected chi connectivity index (χ3v) is 3.03. The van der Waals surface area contributed by atoms with Gasteiger partial charge < -0.3 is 10.4 Å². The second kappa shape index (κ2) is 5.71. The Balaban J connectivity index is 2.23. The highest BCUT2D eigenvalue weighted by Gasteiger charge is 2.31. The van der Waals surface area contributed by atoms with Gasteiger partial charge in [-0.15, -0.1) is 0 Å². The molecule has 2 N–H and O–H groups in total. The minimum Gasteiger partial charge on any atom is -0.388 e. The molecule has 1 fully saturated rings. The molecule has 0 atom stereocenters. The fourth-order valence-electron chi connectivity index (χ4n) is 1.99. The molecule has 1 rings (SSSR count). The summed E-state index contributed by atoms with van der Waals surface area (Å²) in [7, 11) is 0. The Morgan fingerprint density at radius 3 is 2.35 bits per heavy atom. The van der Waals surface area contributed by atoms with Crippen LogP contribution in [0.1, 0.15) is 44.9 Å². The molecule has 100 valence electrons. The zero-order valence-corrected chi connectivity index (χ0v) is 9.65. The van der Waals surface area contributed by atoms with Gasteiger partial charge in [0.25, 0.3) is 0 Å². The second-order valence-electron chi connectivity index (χ2n) is 4.68. The molecule has 0 spiro atoms. The van der Waals surface area contributed by atoms with Gasteiger partial charge in [0.2, 0.25) is 5.91 Å². The molecular formula is C11H18F3NO2. The number of amides is 1. The highest BCUT2D eigenvalue weighted by Crippen LogP contribution is 2.27. The lowest BCUT2D eigenvalue weighted by Crippen LogP contribution is -2.44. The minimum atomic E-state index is -4.31. The highest BCUT2D eigenvalue weighted by atomic mass is 19.4. The van der Waals surface area contributed by atoms with Crippen LogP contribution in [0.3, 0.4) is 0 Å². The van der Waals surface area contributed by atoms with E-state index in [-0.39, 0.29) is 6.54 Å². The van der Waals surface area contributed by atoms with E-state index in [4.69, 9.17) is 0 Å². The van der Waals surface area contributed by atoms with E-state index in [0.717, 1.165) is 19.3 Å². The summed E-state index contributed by atoms with van der Waals surface area (Å²) in [6.07, 6.45) is -1.93. The van der Waals surface area contributed by atoms with Gasteiger partial charge in [-0.25, -0.2) is 0 Å². The number of hydrogen-bond donors (Lipinski definition) is 2. The summed E-state index contributed by atoms with van der Waals surface area (Å²) < 4.78 is 35.6. The van der Waals surface area contributed by atoms with E-state index in [2.05, 4.69) is 5.32 Å². The number of hydrogen-bond acceptors (Lipinski definition) is 2. The molecule has 1 aliphatic carbocycles. The van der Waals surface area contributed by atoms with Crippen LogP contribution in [0.15, 0.2) is 0 Å². The van der Waals surface area contributed by atoms with Crippen LogP contribution in [0.5, 0.6) is 0 Å². The van der Waals surface area contributed by atoms with Crippen molar-refractivity contribution in [1.29, 1.82) is 0 Å². The maximum absolute atomic E-state index is 11.9. The molecule has 1 amide bonds. The number of carbonyl (C=O) groups excluding carboxylic acids is 1. The van der Waals surface area contributed by atoms with Gasteiger partial charge in [0.05, 0.1) is 12.0 Å². The Morgan fingerprint density at radius 1 is 1.24 bits per heavy atom. The summed E-state index contributed by atoms with van der Waals surface area (Å²) in [4.78, 5) is 11.2. The van der Waals surface area contributed by atoms with Gasteiger partial charge in [0, 0.05) is 13.0 Å². The van der Waals surface area contributed by atoms with Crippen molar-refractivity contribution in [1.82, 2.24) is 5.32 Å². The molecule has 3 nitrogen and oxygen atoms in total. The molecule has 6 heteroatoms. The standard InChI is InChI=1S/C11H18F3NO2/c12-11(13,14)7-4-9(16)15-8-10(17)5-2-1-3-6-10/h17H,1-8H2,(H,15,16). The Morgan fingerprint density at radius 2 is 1.82 bits per heavy atom. The number of aliphatic hydroxyl groups is 1. The monoisotopic (exact) mass is 253 g/mol. The third-order valence-electron chi connectivity index (χ3n) is 3.03. The zero-order chi connectivity index (χ0) is 12.9. The lowest BCUT2D eigenvalue weighted by molar-refractivity contribution is -0.144. The van der Waals surface area contributed by atoms with Gasteiger partial charge >= 0.3 is 6.18 Å². The van der Waals surface area contributed by atoms with Crippen LogP contribution in [0.2, 0.25) is 0 Å². The lowest BCUT2D eigenvalue weighted by atomic mass is 9.85. The average molecular weight is 253 g/mol. The van der Waals surface area contributed by atoms with Crippen molar-refractivity contribution < 1.29 is 23.1 Å². The quantitative estimate of drug-likeness (QED) is 0.806. The summed E-state index contributed by atoms with van der Waals surface area (Å²) in [5.74, 6) is -0.652. The number of alkyl halides is 3. The Kier molecular flexibility index (Phi) is 4.80. The summed E-state index contributed by atoms with van der Waals surface area (Å²) in [5.41, 5.74) is -0.924. The predicted molar refractivity (Wildman–Crippen MR) is 56.3 cm³/mol. The van der Waals surface area contributed by atoms with Crippen LogP contribution in [-0.2, 0) is 4.79 Å². The molecule has 0 aromatic rings. The van der Waals surface area contributed by atoms with E-state index in [1.54, 1.807) is 0 Å². The van der Waals surface area contributed by atoms with E-state index in [1.807, 2.05) is 0 Å². The molecule has 17 heavy (non-hydrogen) atoms. The summed E-state index contributed by atoms with van der Waals surface area (Å²) in [6.45, 7) is 0.0592. The normalized spacial score (nSPS) is 20.0. The predicted octanol–water partition coefficient (Wildman–Crippen LogP) is 2.14. The topological polar surface area (TPSA) is 49.3 Å². The fourth-order valence-corrected chi connectivity index (χ4v) is 1.99. The van der Waals surface area contributed by atoms with Crippen molar-refractivity contribution in [3.63, 3.8) is 0 Å². The van der Waals surface area contributed by atoms with Crippen molar-refractivity contribution in [2.45, 2.75) is 56.7 Å². The highest BCUT2D eigenvalue weighted by molar-refractivity contribution is 5.75. The maximum Gasteiger partial charge on any atom is 0.389 e. The fraction of sp³-hybridized carbons (Fsp3) is 0.909. The van der Waals surface area contributed by atoms with Crippen molar-refractivity contribution in [3.8, 4) is 0 Å². The van der Waals surface area contributed by atoms with Gasteiger partial charge in [0.1, 0.15) is 0 Å². The molecule has 0 aromatic carbocycles. The summed E-state index contributed by atoms with van der Waals surface area (Å²) >= 11 is 0. The third kappa shape index (κ3) is 5.91. The van der Waals surface area contributed by atoms with E-state index >= 15 is 0 Å². The van der Waals surface area contributed by atoms with Gasteiger partial charge in [0.15, 0.2) is 0 Å². The number of halogens is 3. The summed E-state index contributed by atoms with van der Waals surface area (Å²) in [6, 6.07) is 0. The van der Waals surface area contributed by atoms with Gasteiger partial charge in [-0.2, -0.15) is 13.2 Å². The second-order valence-corrected chi connectivity index (χ2v) is 4.68. The van der Waals surface area contributed by atoms with E-state index in [9.17, 15) is 23.1 Å². The van der Waals surface area contributed by atoms with Gasteiger partial charge in [-0.1, -0.05) is 19.3 Å². The van der Waals surface area contributed by atoms with Crippen LogP contribution >= 0.6 is 0 Å². The van der Waals surface area contributed by atoms with Crippen molar-refractivity contribution in [2.75, 3.05) is 6.54 Å². The molecule has 0 bridgehead atoms. The Bertz CT molecular complexity index is 260. The van der Waals surface area contributed by atoms with Crippen LogP contribution in [-0.4, -0.2) is 29.3 Å². The van der Waals surface area contributed by atoms with Crippen LogP contribution in [0.25, 0.3) is 0 Å². The van der Waals surface area contributed by atoms with Crippen molar-refractivity contribution >= 4 is 5.91 Å². The van der Waals surface area contributed by atoms with Crippen LogP contribution < -0.4 is 5.32 Å². The first kappa shape index (κ1) is 14.3. The van der Waals surface area contributed by atoms with E-state index < -0.39 is 30.5 Å². The van der Waals surface area contributed by atoms with Crippen molar-refractivity contribution in [3.05, 3.63) is 0 Å². The first-order chi connectivity index (χ1) is 7.81. The summed E-state index contributed by atoms with van der Waals surface area (Å²) in [5, 5.41) is 12.4. The minimum absolute atomic E-state index is 0.0592. The molecule has 0 aromatic heterocycles. The molecule has 1 aliphatic rings. The zero-order valence-electron chi connectivity index (χ0n) is 9.65. The molecule has 1 saturated carbocycles. The van der Waals surface area contributed by atoms with E-state index in [1.165, 1.54) is 0 Å². The molecular weight excluding hydrogens is 235 g/mol.